The van der Waals surface area contributed by atoms with Crippen LogP contribution in [-0.2, 0) is 6.18 Å². The first-order valence-corrected chi connectivity index (χ1v) is 9.13. The Hall–Kier alpha value is -2.77. The fraction of sp³-hybridized carbons (Fsp3) is 0.400. The molecule has 146 valence electrons. The molecule has 1 aromatic carbocycles. The van der Waals surface area contributed by atoms with Crippen molar-refractivity contribution in [3.63, 3.8) is 0 Å². The number of benzene rings is 1. The van der Waals surface area contributed by atoms with Crippen LogP contribution in [0, 0.1) is 17.3 Å². The number of anilines is 1. The molecule has 6 rings (SSSR count). The molecule has 2 N–H and O–H groups in total. The number of nitrogens with one attached hydrogen (secondary N) is 2. The minimum atomic E-state index is -4.53. The van der Waals surface area contributed by atoms with E-state index in [1.54, 1.807) is 0 Å². The number of H-pyrrole nitrogens is 1. The molecule has 1 spiro atoms. The van der Waals surface area contributed by atoms with E-state index in [0.29, 0.717) is 17.3 Å². The van der Waals surface area contributed by atoms with Gasteiger partial charge in [-0.1, -0.05) is 0 Å². The average Bonchev–Trinajstić information content (AvgIpc) is 2.91. The van der Waals surface area contributed by atoms with E-state index in [4.69, 9.17) is 4.74 Å². The molecule has 0 radical (unpaired) electrons. The van der Waals surface area contributed by atoms with Crippen LogP contribution in [0.5, 0.6) is 5.75 Å². The molecule has 4 aliphatic rings. The Morgan fingerprint density at radius 3 is 2.64 bits per heavy atom. The third-order valence-electron chi connectivity index (χ3n) is 6.36. The lowest BCUT2D eigenvalue weighted by atomic mass is 9.84. The van der Waals surface area contributed by atoms with Crippen molar-refractivity contribution in [3.05, 3.63) is 58.0 Å². The van der Waals surface area contributed by atoms with E-state index in [2.05, 4.69) is 10.3 Å². The third-order valence-corrected chi connectivity index (χ3v) is 6.36. The van der Waals surface area contributed by atoms with Gasteiger partial charge < -0.3 is 15.0 Å². The monoisotopic (exact) mass is 390 g/mol. The quantitative estimate of drug-likeness (QED) is 0.834. The molecule has 28 heavy (non-hydrogen) atoms. The number of amides is 1. The SMILES string of the molecule is O=C(Nc1cc[nH]c(=O)c1)c1ccc(C(F)(F)F)cc1OC1CC23CC1[C@@H]2C3. The maximum Gasteiger partial charge on any atom is 0.416 e. The number of hydrogen-bond donors (Lipinski definition) is 2. The van der Waals surface area contributed by atoms with Crippen molar-refractivity contribution in [2.24, 2.45) is 17.3 Å². The Morgan fingerprint density at radius 2 is 2.00 bits per heavy atom. The van der Waals surface area contributed by atoms with E-state index in [1.807, 2.05) is 0 Å². The molecule has 4 fully saturated rings. The van der Waals surface area contributed by atoms with Crippen molar-refractivity contribution < 1.29 is 22.7 Å². The maximum atomic E-state index is 13.2. The number of aromatic amines is 1. The summed E-state index contributed by atoms with van der Waals surface area (Å²) in [6.07, 6.45) is -0.203. The number of hydrogen-bond acceptors (Lipinski definition) is 3. The summed E-state index contributed by atoms with van der Waals surface area (Å²) in [5.41, 5.74) is -0.633. The largest absolute Gasteiger partial charge is 0.489 e. The van der Waals surface area contributed by atoms with E-state index in [-0.39, 0.29) is 23.1 Å². The average molecular weight is 390 g/mol. The summed E-state index contributed by atoms with van der Waals surface area (Å²) < 4.78 is 45.4. The zero-order valence-corrected chi connectivity index (χ0v) is 14.7. The van der Waals surface area contributed by atoms with Gasteiger partial charge in [-0.3, -0.25) is 9.59 Å². The van der Waals surface area contributed by atoms with Gasteiger partial charge in [0.2, 0.25) is 5.56 Å². The fourth-order valence-electron chi connectivity index (χ4n) is 4.93. The van der Waals surface area contributed by atoms with Gasteiger partial charge in [0.1, 0.15) is 11.9 Å². The van der Waals surface area contributed by atoms with E-state index >= 15 is 0 Å². The van der Waals surface area contributed by atoms with E-state index < -0.39 is 23.2 Å². The number of rotatable bonds is 4. The minimum Gasteiger partial charge on any atom is -0.489 e. The summed E-state index contributed by atoms with van der Waals surface area (Å²) >= 11 is 0. The van der Waals surface area contributed by atoms with Crippen LogP contribution < -0.4 is 15.6 Å². The number of carbonyl (C=O) groups is 1. The highest BCUT2D eigenvalue weighted by Gasteiger charge is 2.75. The number of alkyl halides is 3. The second kappa shape index (κ2) is 5.62. The second-order valence-corrected chi connectivity index (χ2v) is 8.01. The summed E-state index contributed by atoms with van der Waals surface area (Å²) in [6, 6.07) is 5.57. The van der Waals surface area contributed by atoms with Crippen LogP contribution in [0.15, 0.2) is 41.3 Å². The highest BCUT2D eigenvalue weighted by atomic mass is 19.4. The molecule has 4 aliphatic carbocycles. The maximum absolute atomic E-state index is 13.2. The van der Waals surface area contributed by atoms with Crippen molar-refractivity contribution in [1.29, 1.82) is 0 Å². The summed E-state index contributed by atoms with van der Waals surface area (Å²) in [5.74, 6) is 0.322. The minimum absolute atomic E-state index is 0.0172. The zero-order chi connectivity index (χ0) is 19.7. The summed E-state index contributed by atoms with van der Waals surface area (Å²) in [4.78, 5) is 26.5. The summed E-state index contributed by atoms with van der Waals surface area (Å²) in [6.45, 7) is 0. The van der Waals surface area contributed by atoms with Gasteiger partial charge in [-0.2, -0.15) is 13.2 Å². The van der Waals surface area contributed by atoms with E-state index in [0.717, 1.165) is 31.0 Å². The van der Waals surface area contributed by atoms with Crippen LogP contribution >= 0.6 is 0 Å². The van der Waals surface area contributed by atoms with Gasteiger partial charge in [0.15, 0.2) is 0 Å². The smallest absolute Gasteiger partial charge is 0.416 e. The molecule has 0 saturated heterocycles. The van der Waals surface area contributed by atoms with Gasteiger partial charge in [-0.05, 0) is 60.8 Å². The van der Waals surface area contributed by atoms with Crippen molar-refractivity contribution in [2.75, 3.05) is 5.32 Å². The molecule has 1 amide bonds. The molecular formula is C20H17F3N2O3. The number of fused-ring (bicyclic) bond motifs is 1. The molecule has 1 aromatic heterocycles. The van der Waals surface area contributed by atoms with Gasteiger partial charge in [-0.15, -0.1) is 0 Å². The van der Waals surface area contributed by atoms with Crippen LogP contribution in [0.2, 0.25) is 0 Å². The van der Waals surface area contributed by atoms with Crippen molar-refractivity contribution >= 4 is 11.6 Å². The Morgan fingerprint density at radius 1 is 1.18 bits per heavy atom. The molecule has 2 bridgehead atoms. The third kappa shape index (κ3) is 2.70. The van der Waals surface area contributed by atoms with Crippen LogP contribution in [0.4, 0.5) is 18.9 Å². The Kier molecular flexibility index (Phi) is 3.48. The fourth-order valence-corrected chi connectivity index (χ4v) is 4.93. The Balaban J connectivity index is 1.44. The number of pyridine rings is 1. The topological polar surface area (TPSA) is 71.2 Å². The predicted octanol–water partition coefficient (Wildman–Crippen LogP) is 3.82. The Labute approximate surface area is 157 Å². The zero-order valence-electron chi connectivity index (χ0n) is 14.7. The van der Waals surface area contributed by atoms with E-state index in [1.165, 1.54) is 24.8 Å². The number of aromatic nitrogens is 1. The first-order valence-electron chi connectivity index (χ1n) is 9.13. The lowest BCUT2D eigenvalue weighted by molar-refractivity contribution is -0.137. The second-order valence-electron chi connectivity index (χ2n) is 8.01. The van der Waals surface area contributed by atoms with Gasteiger partial charge >= 0.3 is 6.18 Å². The number of halogens is 3. The van der Waals surface area contributed by atoms with Gasteiger partial charge in [-0.25, -0.2) is 0 Å². The first-order chi connectivity index (χ1) is 13.2. The molecule has 4 atom stereocenters. The molecule has 5 nitrogen and oxygen atoms in total. The van der Waals surface area contributed by atoms with Gasteiger partial charge in [0, 0.05) is 18.0 Å². The lowest BCUT2D eigenvalue weighted by Gasteiger charge is -2.25. The molecule has 8 heteroatoms. The summed E-state index contributed by atoms with van der Waals surface area (Å²) in [7, 11) is 0. The number of ether oxygens (including phenoxy) is 1. The lowest BCUT2D eigenvalue weighted by Crippen LogP contribution is -2.25. The predicted molar refractivity (Wildman–Crippen MR) is 94.1 cm³/mol. The van der Waals surface area contributed by atoms with Gasteiger partial charge in [0.25, 0.3) is 5.91 Å². The van der Waals surface area contributed by atoms with Crippen molar-refractivity contribution in [2.45, 2.75) is 31.5 Å². The van der Waals surface area contributed by atoms with Crippen LogP contribution in [-0.4, -0.2) is 17.0 Å². The highest BCUT2D eigenvalue weighted by Crippen LogP contribution is 2.80. The molecule has 3 unspecified atom stereocenters. The molecular weight excluding hydrogens is 373 g/mol. The van der Waals surface area contributed by atoms with Crippen LogP contribution in [0.1, 0.15) is 35.2 Å². The van der Waals surface area contributed by atoms with Crippen LogP contribution in [0.3, 0.4) is 0 Å². The van der Waals surface area contributed by atoms with Crippen molar-refractivity contribution in [3.8, 4) is 5.75 Å². The number of carbonyl (C=O) groups excluding carboxylic acids is 1. The molecule has 0 aliphatic heterocycles. The molecule has 1 heterocycles. The van der Waals surface area contributed by atoms with Crippen LogP contribution in [0.25, 0.3) is 0 Å². The standard InChI is InChI=1S/C20H17F3N2O3/c21-20(22,23)10-1-2-12(18(27)25-11-3-4-24-17(26)6-11)15(5-10)28-16-9-19-7-13(16)14(19)8-19/h1-6,13-14,16H,7-9H2,(H2,24,25,26,27)/t13?,14-,16?,19?/m0/s1. The molecule has 2 aromatic rings. The first kappa shape index (κ1) is 17.3. The van der Waals surface area contributed by atoms with E-state index in [9.17, 15) is 22.8 Å². The summed E-state index contributed by atoms with van der Waals surface area (Å²) in [5, 5.41) is 2.54. The molecule has 4 saturated carbocycles. The highest BCUT2D eigenvalue weighted by molar-refractivity contribution is 6.06. The van der Waals surface area contributed by atoms with Gasteiger partial charge in [0.05, 0.1) is 11.1 Å². The van der Waals surface area contributed by atoms with Crippen molar-refractivity contribution in [1.82, 2.24) is 4.98 Å². The Bertz CT molecular complexity index is 1030. The normalized spacial score (nSPS) is 29.6.